The van der Waals surface area contributed by atoms with Crippen molar-refractivity contribution in [2.24, 2.45) is 10.9 Å². The molecule has 1 amide bonds. The summed E-state index contributed by atoms with van der Waals surface area (Å²) in [4.78, 5) is 16.6. The molecule has 1 aliphatic heterocycles. The number of amidine groups is 1. The molecule has 1 heterocycles. The van der Waals surface area contributed by atoms with Crippen LogP contribution in [0.3, 0.4) is 0 Å². The number of piperidine rings is 1. The zero-order valence-electron chi connectivity index (χ0n) is 25.7. The smallest absolute Gasteiger partial charge is 0.214 e. The lowest BCUT2D eigenvalue weighted by Crippen LogP contribution is -2.44. The molecule has 4 rings (SSSR count). The number of hydrogen-bond donors (Lipinski definition) is 2. The monoisotopic (exact) mass is 586 g/mol. The predicted molar refractivity (Wildman–Crippen MR) is 172 cm³/mol. The molecule has 0 bridgehead atoms. The van der Waals surface area contributed by atoms with Crippen molar-refractivity contribution in [2.75, 3.05) is 18.0 Å². The summed E-state index contributed by atoms with van der Waals surface area (Å²) in [7, 11) is 0. The van der Waals surface area contributed by atoms with Crippen LogP contribution < -0.4 is 20.1 Å². The number of amides is 1. The van der Waals surface area contributed by atoms with Crippen LogP contribution in [0.4, 0.5) is 5.69 Å². The molecule has 8 heteroatoms. The van der Waals surface area contributed by atoms with Crippen LogP contribution in [0.15, 0.2) is 78.0 Å². The molecule has 1 fully saturated rings. The van der Waals surface area contributed by atoms with Crippen LogP contribution in [-0.4, -0.2) is 47.5 Å². The minimum Gasteiger partial charge on any atom is -0.488 e. The third-order valence-corrected chi connectivity index (χ3v) is 8.39. The van der Waals surface area contributed by atoms with Crippen LogP contribution in [0.25, 0.3) is 0 Å². The van der Waals surface area contributed by atoms with E-state index in [4.69, 9.17) is 15.2 Å². The Balaban J connectivity index is 1.43. The summed E-state index contributed by atoms with van der Waals surface area (Å²) in [5.41, 5.74) is 8.96. The number of carbonyl (C=O) groups excluding carboxylic acids is 1. The molecule has 3 atom stereocenters. The lowest BCUT2D eigenvalue weighted by molar-refractivity contribution is -0.107. The molecule has 0 aromatic heterocycles. The van der Waals surface area contributed by atoms with Crippen molar-refractivity contribution >= 4 is 17.9 Å². The highest BCUT2D eigenvalue weighted by Gasteiger charge is 2.24. The maximum atomic E-state index is 12.2. The number of rotatable bonds is 15. The van der Waals surface area contributed by atoms with E-state index in [-0.39, 0.29) is 5.84 Å². The average Bonchev–Trinajstić information content (AvgIpc) is 3.03. The number of nitrogens with two attached hydrogens (primary N) is 1. The summed E-state index contributed by atoms with van der Waals surface area (Å²) < 4.78 is 12.7. The van der Waals surface area contributed by atoms with Crippen molar-refractivity contribution in [1.82, 2.24) is 4.90 Å². The number of unbranched alkanes of at least 4 members (excludes halogenated alkanes) is 2. The van der Waals surface area contributed by atoms with Crippen LogP contribution in [0.1, 0.15) is 82.1 Å². The van der Waals surface area contributed by atoms with E-state index in [0.29, 0.717) is 42.3 Å². The first kappa shape index (κ1) is 31.9. The fourth-order valence-corrected chi connectivity index (χ4v) is 5.90. The van der Waals surface area contributed by atoms with Crippen molar-refractivity contribution in [2.45, 2.75) is 84.1 Å². The molecular weight excluding hydrogens is 540 g/mol. The van der Waals surface area contributed by atoms with Gasteiger partial charge in [0.05, 0.1) is 5.69 Å². The molecule has 43 heavy (non-hydrogen) atoms. The standard InChI is InChI=1S/C35H46N4O4/c1-26-13-12-14-27(2)39(26)22-11-5-10-21-38(25-40)32-17-8-9-18-34(32)43-28(3)31-23-30(35(36)37-41)19-20-33(31)42-24-29-15-6-4-7-16-29/h4,6-9,15-20,23,25-28,41H,5,10-14,21-22,24H2,1-3H3,(H2,36,37). The van der Waals surface area contributed by atoms with Crippen LogP contribution in [0.2, 0.25) is 0 Å². The van der Waals surface area contributed by atoms with Gasteiger partial charge in [0.1, 0.15) is 24.2 Å². The second-order valence-corrected chi connectivity index (χ2v) is 11.5. The molecule has 3 aromatic carbocycles. The highest BCUT2D eigenvalue weighted by atomic mass is 16.5. The van der Waals surface area contributed by atoms with E-state index >= 15 is 0 Å². The Bertz CT molecular complexity index is 1320. The third kappa shape index (κ3) is 8.74. The van der Waals surface area contributed by atoms with Gasteiger partial charge in [-0.1, -0.05) is 60.5 Å². The lowest BCUT2D eigenvalue weighted by Gasteiger charge is -2.39. The molecule has 230 valence electrons. The number of ether oxygens (including phenoxy) is 2. The molecule has 0 spiro atoms. The van der Waals surface area contributed by atoms with Crippen LogP contribution in [0.5, 0.6) is 11.5 Å². The lowest BCUT2D eigenvalue weighted by atomic mass is 9.97. The fraction of sp³-hybridized carbons (Fsp3) is 0.429. The summed E-state index contributed by atoms with van der Waals surface area (Å²) >= 11 is 0. The van der Waals surface area contributed by atoms with Gasteiger partial charge in [-0.2, -0.15) is 0 Å². The molecule has 0 aliphatic carbocycles. The number of oxime groups is 1. The van der Waals surface area contributed by atoms with Gasteiger partial charge in [0.15, 0.2) is 5.84 Å². The van der Waals surface area contributed by atoms with E-state index in [9.17, 15) is 10.0 Å². The van der Waals surface area contributed by atoms with Gasteiger partial charge in [-0.15, -0.1) is 0 Å². The Morgan fingerprint density at radius 1 is 1.02 bits per heavy atom. The number of carbonyl (C=O) groups is 1. The first-order valence-corrected chi connectivity index (χ1v) is 15.4. The van der Waals surface area contributed by atoms with E-state index in [1.165, 1.54) is 19.3 Å². The van der Waals surface area contributed by atoms with Crippen molar-refractivity contribution in [3.8, 4) is 11.5 Å². The van der Waals surface area contributed by atoms with Gasteiger partial charge < -0.3 is 25.3 Å². The number of anilines is 1. The molecule has 1 saturated heterocycles. The molecule has 8 nitrogen and oxygen atoms in total. The van der Waals surface area contributed by atoms with Crippen LogP contribution in [-0.2, 0) is 11.4 Å². The number of likely N-dealkylation sites (tertiary alicyclic amines) is 1. The first-order valence-electron chi connectivity index (χ1n) is 15.4. The van der Waals surface area contributed by atoms with E-state index in [1.54, 1.807) is 17.0 Å². The molecule has 3 unspecified atom stereocenters. The van der Waals surface area contributed by atoms with E-state index in [1.807, 2.05) is 67.6 Å². The maximum Gasteiger partial charge on any atom is 0.214 e. The van der Waals surface area contributed by atoms with Gasteiger partial charge in [0, 0.05) is 29.8 Å². The topological polar surface area (TPSA) is 101 Å². The van der Waals surface area contributed by atoms with Gasteiger partial charge in [0.2, 0.25) is 6.41 Å². The predicted octanol–water partition coefficient (Wildman–Crippen LogP) is 6.90. The maximum absolute atomic E-state index is 12.2. The first-order chi connectivity index (χ1) is 20.9. The van der Waals surface area contributed by atoms with Crippen LogP contribution >= 0.6 is 0 Å². The zero-order chi connectivity index (χ0) is 30.6. The SMILES string of the molecule is CC(Oc1ccccc1N(C=O)CCCCCN1C(C)CCCC1C)c1cc(/C(N)=N/O)ccc1OCc1ccccc1. The average molecular weight is 587 g/mol. The van der Waals surface area contributed by atoms with E-state index in [0.717, 1.165) is 49.0 Å². The summed E-state index contributed by atoms with van der Waals surface area (Å²) in [5.74, 6) is 1.23. The van der Waals surface area contributed by atoms with E-state index < -0.39 is 6.10 Å². The van der Waals surface area contributed by atoms with Crippen LogP contribution in [0, 0.1) is 0 Å². The molecule has 0 saturated carbocycles. The summed E-state index contributed by atoms with van der Waals surface area (Å²) in [6, 6.07) is 24.2. The fourth-order valence-electron chi connectivity index (χ4n) is 5.90. The van der Waals surface area contributed by atoms with Crippen molar-refractivity contribution in [1.29, 1.82) is 0 Å². The number of para-hydroxylation sites is 2. The molecule has 3 aromatic rings. The van der Waals surface area contributed by atoms with Gasteiger partial charge >= 0.3 is 0 Å². The van der Waals surface area contributed by atoms with Crippen molar-refractivity contribution < 1.29 is 19.5 Å². The number of hydrogen-bond acceptors (Lipinski definition) is 6. The molecule has 1 aliphatic rings. The quantitative estimate of drug-likeness (QED) is 0.0502. The summed E-state index contributed by atoms with van der Waals surface area (Å²) in [6.07, 6.45) is 7.42. The van der Waals surface area contributed by atoms with Gasteiger partial charge in [-0.25, -0.2) is 0 Å². The largest absolute Gasteiger partial charge is 0.488 e. The highest BCUT2D eigenvalue weighted by molar-refractivity contribution is 5.97. The van der Waals surface area contributed by atoms with Gasteiger partial charge in [-0.3, -0.25) is 9.69 Å². The minimum atomic E-state index is -0.458. The number of benzene rings is 3. The summed E-state index contributed by atoms with van der Waals surface area (Å²) in [6.45, 7) is 8.71. The number of nitrogens with zero attached hydrogens (tertiary/aromatic N) is 3. The normalized spacial score (nSPS) is 18.2. The second kappa shape index (κ2) is 16.0. The van der Waals surface area contributed by atoms with Crippen molar-refractivity contribution in [3.63, 3.8) is 0 Å². The van der Waals surface area contributed by atoms with Crippen molar-refractivity contribution in [3.05, 3.63) is 89.5 Å². The van der Waals surface area contributed by atoms with Gasteiger partial charge in [0.25, 0.3) is 0 Å². The van der Waals surface area contributed by atoms with E-state index in [2.05, 4.69) is 23.9 Å². The summed E-state index contributed by atoms with van der Waals surface area (Å²) in [5, 5.41) is 12.4. The third-order valence-electron chi connectivity index (χ3n) is 8.39. The Morgan fingerprint density at radius 2 is 1.74 bits per heavy atom. The zero-order valence-corrected chi connectivity index (χ0v) is 25.7. The minimum absolute atomic E-state index is 0.000193. The molecular formula is C35H46N4O4. The Kier molecular flexibility index (Phi) is 11.9. The second-order valence-electron chi connectivity index (χ2n) is 11.5. The highest BCUT2D eigenvalue weighted by Crippen LogP contribution is 2.35. The molecule has 3 N–H and O–H groups in total. The Morgan fingerprint density at radius 3 is 2.47 bits per heavy atom. The van der Waals surface area contributed by atoms with Gasteiger partial charge in [-0.05, 0) is 88.9 Å². The Labute approximate surface area is 256 Å². The molecule has 0 radical (unpaired) electrons. The Hall–Kier alpha value is -4.04.